The Bertz CT molecular complexity index is 1070. The summed E-state index contributed by atoms with van der Waals surface area (Å²) in [6.45, 7) is 3.53. The van der Waals surface area contributed by atoms with E-state index in [9.17, 15) is 10.1 Å². The second-order valence-corrected chi connectivity index (χ2v) is 6.46. The van der Waals surface area contributed by atoms with Crippen molar-refractivity contribution >= 4 is 35.2 Å². The molecule has 0 bridgehead atoms. The standard InChI is InChI=1S/C19H13Cl2N3O2/c1-11-7-12(2)24(23-11)19(25)14(10-22)8-15-4-6-18(26-15)13-3-5-16(20)17(21)9-13/h3-9H,1-2H3/b14-8+. The Morgan fingerprint density at radius 3 is 2.58 bits per heavy atom. The molecule has 0 amide bonds. The van der Waals surface area contributed by atoms with Gasteiger partial charge in [-0.2, -0.15) is 10.4 Å². The minimum atomic E-state index is -0.509. The molecule has 0 unspecified atom stereocenters. The molecule has 130 valence electrons. The van der Waals surface area contributed by atoms with Gasteiger partial charge >= 0.3 is 0 Å². The minimum absolute atomic E-state index is 0.0776. The van der Waals surface area contributed by atoms with Gasteiger partial charge in [-0.15, -0.1) is 0 Å². The summed E-state index contributed by atoms with van der Waals surface area (Å²) >= 11 is 11.9. The smallest absolute Gasteiger partial charge is 0.289 e. The molecule has 3 rings (SSSR count). The lowest BCUT2D eigenvalue weighted by atomic mass is 10.2. The molecule has 2 heterocycles. The fraction of sp³-hybridized carbons (Fsp3) is 0.105. The Kier molecular flexibility index (Phi) is 4.99. The number of allylic oxidation sites excluding steroid dienone is 1. The molecule has 0 atom stereocenters. The number of carbonyl (C=O) groups is 1. The molecular weight excluding hydrogens is 373 g/mol. The zero-order chi connectivity index (χ0) is 18.8. The van der Waals surface area contributed by atoms with Gasteiger partial charge in [-0.05, 0) is 50.2 Å². The van der Waals surface area contributed by atoms with Crippen LogP contribution in [0.4, 0.5) is 0 Å². The molecular formula is C19H13Cl2N3O2. The Morgan fingerprint density at radius 2 is 1.96 bits per heavy atom. The first-order chi connectivity index (χ1) is 12.4. The van der Waals surface area contributed by atoms with Gasteiger partial charge in [0.2, 0.25) is 0 Å². The predicted octanol–water partition coefficient (Wildman–Crippen LogP) is 5.31. The van der Waals surface area contributed by atoms with Gasteiger partial charge in [0.05, 0.1) is 15.7 Å². The van der Waals surface area contributed by atoms with Crippen LogP contribution in [0.1, 0.15) is 21.9 Å². The van der Waals surface area contributed by atoms with Gasteiger partial charge in [-0.1, -0.05) is 23.2 Å². The monoisotopic (exact) mass is 385 g/mol. The molecule has 0 saturated heterocycles. The van der Waals surface area contributed by atoms with Gasteiger partial charge in [0.25, 0.3) is 5.91 Å². The van der Waals surface area contributed by atoms with Crippen molar-refractivity contribution in [2.75, 3.05) is 0 Å². The number of nitrogens with zero attached hydrogens (tertiary/aromatic N) is 3. The molecule has 2 aromatic heterocycles. The maximum absolute atomic E-state index is 12.5. The summed E-state index contributed by atoms with van der Waals surface area (Å²) in [7, 11) is 0. The molecule has 0 fully saturated rings. The summed E-state index contributed by atoms with van der Waals surface area (Å²) < 4.78 is 6.91. The summed E-state index contributed by atoms with van der Waals surface area (Å²) in [5, 5.41) is 14.3. The van der Waals surface area contributed by atoms with Crippen LogP contribution >= 0.6 is 23.2 Å². The van der Waals surface area contributed by atoms with Crippen LogP contribution in [0.25, 0.3) is 17.4 Å². The quantitative estimate of drug-likeness (QED) is 0.452. The summed E-state index contributed by atoms with van der Waals surface area (Å²) in [5.74, 6) is 0.411. The van der Waals surface area contributed by atoms with Crippen LogP contribution in [0, 0.1) is 25.2 Å². The zero-order valence-electron chi connectivity index (χ0n) is 14.0. The van der Waals surface area contributed by atoms with Crippen molar-refractivity contribution < 1.29 is 9.21 Å². The van der Waals surface area contributed by atoms with E-state index in [1.54, 1.807) is 50.2 Å². The van der Waals surface area contributed by atoms with Crippen LogP contribution in [0.2, 0.25) is 10.0 Å². The van der Waals surface area contributed by atoms with Crippen molar-refractivity contribution in [3.8, 4) is 17.4 Å². The second kappa shape index (κ2) is 7.20. The molecule has 5 nitrogen and oxygen atoms in total. The second-order valence-electron chi connectivity index (χ2n) is 5.64. The van der Waals surface area contributed by atoms with Crippen molar-refractivity contribution in [1.29, 1.82) is 5.26 Å². The van der Waals surface area contributed by atoms with Gasteiger partial charge in [-0.3, -0.25) is 4.79 Å². The summed E-state index contributed by atoms with van der Waals surface area (Å²) in [5.41, 5.74) is 2.02. The highest BCUT2D eigenvalue weighted by Crippen LogP contribution is 2.30. The number of aryl methyl sites for hydroxylation is 2. The van der Waals surface area contributed by atoms with Gasteiger partial charge in [0, 0.05) is 17.3 Å². The Hall–Kier alpha value is -2.81. The minimum Gasteiger partial charge on any atom is -0.457 e. The number of carbonyl (C=O) groups excluding carboxylic acids is 1. The lowest BCUT2D eigenvalue weighted by Crippen LogP contribution is -2.15. The Labute approximate surface area is 160 Å². The lowest BCUT2D eigenvalue weighted by Gasteiger charge is -2.01. The van der Waals surface area contributed by atoms with Crippen LogP contribution in [0.15, 0.2) is 46.4 Å². The van der Waals surface area contributed by atoms with E-state index in [-0.39, 0.29) is 5.57 Å². The van der Waals surface area contributed by atoms with E-state index in [1.807, 2.05) is 6.07 Å². The number of hydrogen-bond acceptors (Lipinski definition) is 4. The highest BCUT2D eigenvalue weighted by molar-refractivity contribution is 6.42. The van der Waals surface area contributed by atoms with Crippen LogP contribution in [0.5, 0.6) is 0 Å². The first-order valence-electron chi connectivity index (χ1n) is 7.64. The summed E-state index contributed by atoms with van der Waals surface area (Å²) in [6, 6.07) is 12.2. The number of benzene rings is 1. The van der Waals surface area contributed by atoms with Crippen molar-refractivity contribution in [3.63, 3.8) is 0 Å². The average Bonchev–Trinajstić information content (AvgIpc) is 3.20. The number of nitriles is 1. The van der Waals surface area contributed by atoms with Crippen LogP contribution in [0.3, 0.4) is 0 Å². The molecule has 0 spiro atoms. The zero-order valence-corrected chi connectivity index (χ0v) is 15.5. The van der Waals surface area contributed by atoms with Crippen molar-refractivity contribution in [2.24, 2.45) is 0 Å². The molecule has 0 N–H and O–H groups in total. The molecule has 0 aliphatic heterocycles. The van der Waals surface area contributed by atoms with E-state index in [0.717, 1.165) is 5.56 Å². The molecule has 0 saturated carbocycles. The maximum Gasteiger partial charge on any atom is 0.289 e. The first kappa shape index (κ1) is 18.0. The molecule has 0 aliphatic rings. The van der Waals surface area contributed by atoms with E-state index in [0.29, 0.717) is 33.0 Å². The fourth-order valence-electron chi connectivity index (χ4n) is 2.47. The molecule has 0 aliphatic carbocycles. The lowest BCUT2D eigenvalue weighted by molar-refractivity contribution is 0.0943. The third-order valence-electron chi connectivity index (χ3n) is 3.67. The predicted molar refractivity (Wildman–Crippen MR) is 100 cm³/mol. The normalized spacial score (nSPS) is 11.4. The highest BCUT2D eigenvalue weighted by Gasteiger charge is 2.16. The van der Waals surface area contributed by atoms with E-state index in [4.69, 9.17) is 27.6 Å². The molecule has 0 radical (unpaired) electrons. The van der Waals surface area contributed by atoms with Gasteiger partial charge < -0.3 is 4.42 Å². The van der Waals surface area contributed by atoms with Crippen LogP contribution in [-0.4, -0.2) is 15.7 Å². The van der Waals surface area contributed by atoms with Crippen molar-refractivity contribution in [2.45, 2.75) is 13.8 Å². The van der Waals surface area contributed by atoms with Crippen LogP contribution < -0.4 is 0 Å². The van der Waals surface area contributed by atoms with Gasteiger partial charge in [0.1, 0.15) is 23.2 Å². The number of furan rings is 1. The molecule has 1 aromatic carbocycles. The third-order valence-corrected chi connectivity index (χ3v) is 4.41. The highest BCUT2D eigenvalue weighted by atomic mass is 35.5. The average molecular weight is 386 g/mol. The summed E-state index contributed by atoms with van der Waals surface area (Å²) in [6.07, 6.45) is 1.39. The van der Waals surface area contributed by atoms with E-state index >= 15 is 0 Å². The van der Waals surface area contributed by atoms with Crippen molar-refractivity contribution in [3.05, 3.63) is 69.2 Å². The van der Waals surface area contributed by atoms with Crippen LogP contribution in [-0.2, 0) is 0 Å². The SMILES string of the molecule is Cc1cc(C)n(C(=O)/C(C#N)=C/c2ccc(-c3ccc(Cl)c(Cl)c3)o2)n1. The Balaban J connectivity index is 1.92. The van der Waals surface area contributed by atoms with Gasteiger partial charge in [0.15, 0.2) is 0 Å². The van der Waals surface area contributed by atoms with Gasteiger partial charge in [-0.25, -0.2) is 4.68 Å². The topological polar surface area (TPSA) is 71.8 Å². The summed E-state index contributed by atoms with van der Waals surface area (Å²) in [4.78, 5) is 12.5. The third kappa shape index (κ3) is 3.57. The molecule has 3 aromatic rings. The fourth-order valence-corrected chi connectivity index (χ4v) is 2.77. The van der Waals surface area contributed by atoms with Crippen molar-refractivity contribution in [1.82, 2.24) is 9.78 Å². The molecule has 26 heavy (non-hydrogen) atoms. The maximum atomic E-state index is 12.5. The number of halogens is 2. The number of aromatic nitrogens is 2. The molecule has 7 heteroatoms. The first-order valence-corrected chi connectivity index (χ1v) is 8.39. The number of hydrogen-bond donors (Lipinski definition) is 0. The van der Waals surface area contributed by atoms with E-state index < -0.39 is 5.91 Å². The Morgan fingerprint density at radius 1 is 1.19 bits per heavy atom. The largest absolute Gasteiger partial charge is 0.457 e. The van der Waals surface area contributed by atoms with E-state index in [1.165, 1.54) is 10.8 Å². The van der Waals surface area contributed by atoms with E-state index in [2.05, 4.69) is 5.10 Å². The number of rotatable bonds is 3.